The molecule has 1 fully saturated rings. The van der Waals surface area contributed by atoms with Gasteiger partial charge in [-0.05, 0) is 20.2 Å². The minimum absolute atomic E-state index is 0.303. The van der Waals surface area contributed by atoms with Crippen molar-refractivity contribution in [1.29, 1.82) is 0 Å². The minimum atomic E-state index is 0.303. The van der Waals surface area contributed by atoms with Crippen molar-refractivity contribution in [1.82, 2.24) is 25.1 Å². The Kier molecular flexibility index (Phi) is 4.85. The zero-order chi connectivity index (χ0) is 13.8. The van der Waals surface area contributed by atoms with Crippen molar-refractivity contribution in [2.24, 2.45) is 0 Å². The van der Waals surface area contributed by atoms with Crippen LogP contribution in [0.1, 0.15) is 31.4 Å². The van der Waals surface area contributed by atoms with Gasteiger partial charge >= 0.3 is 0 Å². The van der Waals surface area contributed by atoms with E-state index in [9.17, 15) is 0 Å². The number of nitrogens with zero attached hydrogens (tertiary/aromatic N) is 4. The van der Waals surface area contributed by atoms with Gasteiger partial charge in [-0.3, -0.25) is 4.90 Å². The molecule has 1 saturated heterocycles. The Hall–Kier alpha value is -1.04. The summed E-state index contributed by atoms with van der Waals surface area (Å²) < 4.78 is 0. The van der Waals surface area contributed by atoms with Crippen LogP contribution in [0.15, 0.2) is 12.3 Å². The van der Waals surface area contributed by atoms with E-state index in [-0.39, 0.29) is 0 Å². The van der Waals surface area contributed by atoms with E-state index in [1.165, 1.54) is 0 Å². The van der Waals surface area contributed by atoms with E-state index in [0.717, 1.165) is 37.7 Å². The standard InChI is InChI=1S/C14H25N5/c1-11(2)16-9-12-5-6-15-14(17-12)13-10-18(3)7-8-19(13)4/h5-6,11,13,16H,7-10H2,1-4H3. The molecule has 0 aliphatic carbocycles. The molecule has 0 spiro atoms. The van der Waals surface area contributed by atoms with Crippen LogP contribution < -0.4 is 5.32 Å². The maximum atomic E-state index is 4.71. The van der Waals surface area contributed by atoms with Gasteiger partial charge in [0, 0.05) is 38.4 Å². The zero-order valence-corrected chi connectivity index (χ0v) is 12.4. The fourth-order valence-corrected chi connectivity index (χ4v) is 2.27. The molecule has 19 heavy (non-hydrogen) atoms. The normalized spacial score (nSPS) is 22.1. The minimum Gasteiger partial charge on any atom is -0.309 e. The van der Waals surface area contributed by atoms with Gasteiger partial charge in [0.2, 0.25) is 0 Å². The van der Waals surface area contributed by atoms with E-state index < -0.39 is 0 Å². The summed E-state index contributed by atoms with van der Waals surface area (Å²) in [7, 11) is 4.31. The summed E-state index contributed by atoms with van der Waals surface area (Å²) in [5.41, 5.74) is 1.07. The van der Waals surface area contributed by atoms with E-state index in [1.54, 1.807) is 0 Å². The molecule has 0 saturated carbocycles. The summed E-state index contributed by atoms with van der Waals surface area (Å²) in [5.74, 6) is 0.942. The van der Waals surface area contributed by atoms with Crippen LogP contribution in [-0.2, 0) is 6.54 Å². The number of nitrogens with one attached hydrogen (secondary N) is 1. The highest BCUT2D eigenvalue weighted by Gasteiger charge is 2.25. The Morgan fingerprint density at radius 1 is 1.37 bits per heavy atom. The molecule has 1 aromatic rings. The molecule has 0 bridgehead atoms. The number of aromatic nitrogens is 2. The lowest BCUT2D eigenvalue weighted by Crippen LogP contribution is -2.45. The van der Waals surface area contributed by atoms with Crippen molar-refractivity contribution in [3.8, 4) is 0 Å². The first-order valence-electron chi connectivity index (χ1n) is 7.00. The summed E-state index contributed by atoms with van der Waals surface area (Å²) in [6, 6.07) is 2.77. The molecule has 1 unspecified atom stereocenters. The molecule has 0 amide bonds. The molecule has 1 aliphatic rings. The Labute approximate surface area is 116 Å². The van der Waals surface area contributed by atoms with Crippen LogP contribution in [0.4, 0.5) is 0 Å². The maximum absolute atomic E-state index is 4.71. The molecule has 106 valence electrons. The molecule has 0 radical (unpaired) electrons. The smallest absolute Gasteiger partial charge is 0.146 e. The van der Waals surface area contributed by atoms with Gasteiger partial charge in [0.15, 0.2) is 0 Å². The third-order valence-electron chi connectivity index (χ3n) is 3.57. The second-order valence-electron chi connectivity index (χ2n) is 5.70. The fraction of sp³-hybridized carbons (Fsp3) is 0.714. The molecule has 1 N–H and O–H groups in total. The van der Waals surface area contributed by atoms with Crippen molar-refractivity contribution in [3.63, 3.8) is 0 Å². The highest BCUT2D eigenvalue weighted by Crippen LogP contribution is 2.20. The molecule has 1 atom stereocenters. The van der Waals surface area contributed by atoms with Crippen LogP contribution in [0.25, 0.3) is 0 Å². The Bertz CT molecular complexity index is 407. The Morgan fingerprint density at radius 3 is 2.89 bits per heavy atom. The van der Waals surface area contributed by atoms with Crippen molar-refractivity contribution in [3.05, 3.63) is 23.8 Å². The highest BCUT2D eigenvalue weighted by molar-refractivity contribution is 5.06. The molecule has 0 aromatic carbocycles. The topological polar surface area (TPSA) is 44.3 Å². The summed E-state index contributed by atoms with van der Waals surface area (Å²) in [6.07, 6.45) is 1.88. The second-order valence-corrected chi connectivity index (χ2v) is 5.70. The number of likely N-dealkylation sites (N-methyl/N-ethyl adjacent to an activating group) is 2. The molecule has 5 nitrogen and oxygen atoms in total. The van der Waals surface area contributed by atoms with Crippen LogP contribution in [0.5, 0.6) is 0 Å². The average Bonchev–Trinajstić information content (AvgIpc) is 2.39. The van der Waals surface area contributed by atoms with Crippen LogP contribution >= 0.6 is 0 Å². The first-order chi connectivity index (χ1) is 9.06. The lowest BCUT2D eigenvalue weighted by molar-refractivity contribution is 0.109. The van der Waals surface area contributed by atoms with Crippen LogP contribution in [-0.4, -0.2) is 59.5 Å². The lowest BCUT2D eigenvalue weighted by Gasteiger charge is -2.36. The maximum Gasteiger partial charge on any atom is 0.146 e. The molecule has 1 aliphatic heterocycles. The molecular weight excluding hydrogens is 238 g/mol. The predicted octanol–water partition coefficient (Wildman–Crippen LogP) is 0.893. The summed E-state index contributed by atoms with van der Waals surface area (Å²) in [4.78, 5) is 13.9. The van der Waals surface area contributed by atoms with Gasteiger partial charge in [-0.15, -0.1) is 0 Å². The largest absolute Gasteiger partial charge is 0.309 e. The van der Waals surface area contributed by atoms with E-state index in [1.807, 2.05) is 12.3 Å². The molecule has 1 aromatic heterocycles. The second kappa shape index (κ2) is 6.41. The quantitative estimate of drug-likeness (QED) is 0.874. The van der Waals surface area contributed by atoms with Gasteiger partial charge in [0.1, 0.15) is 5.82 Å². The van der Waals surface area contributed by atoms with Gasteiger partial charge in [-0.2, -0.15) is 0 Å². The predicted molar refractivity (Wildman–Crippen MR) is 76.9 cm³/mol. The van der Waals surface area contributed by atoms with E-state index in [4.69, 9.17) is 4.98 Å². The van der Waals surface area contributed by atoms with Crippen molar-refractivity contribution in [2.75, 3.05) is 33.7 Å². The summed E-state index contributed by atoms with van der Waals surface area (Å²) in [6.45, 7) is 8.27. The first kappa shape index (κ1) is 14.4. The number of rotatable bonds is 4. The van der Waals surface area contributed by atoms with Crippen molar-refractivity contribution < 1.29 is 0 Å². The van der Waals surface area contributed by atoms with Gasteiger partial charge < -0.3 is 10.2 Å². The molecule has 2 heterocycles. The van der Waals surface area contributed by atoms with E-state index in [0.29, 0.717) is 12.1 Å². The summed E-state index contributed by atoms with van der Waals surface area (Å²) in [5, 5.41) is 3.40. The Morgan fingerprint density at radius 2 is 2.16 bits per heavy atom. The molecular formula is C14H25N5. The van der Waals surface area contributed by atoms with Crippen molar-refractivity contribution >= 4 is 0 Å². The summed E-state index contributed by atoms with van der Waals surface area (Å²) >= 11 is 0. The fourth-order valence-electron chi connectivity index (χ4n) is 2.27. The van der Waals surface area contributed by atoms with Crippen LogP contribution in [0.2, 0.25) is 0 Å². The number of hydrogen-bond acceptors (Lipinski definition) is 5. The molecule has 5 heteroatoms. The van der Waals surface area contributed by atoms with Gasteiger partial charge in [0.05, 0.1) is 11.7 Å². The highest BCUT2D eigenvalue weighted by atomic mass is 15.3. The number of hydrogen-bond donors (Lipinski definition) is 1. The third-order valence-corrected chi connectivity index (χ3v) is 3.57. The van der Waals surface area contributed by atoms with Crippen LogP contribution in [0.3, 0.4) is 0 Å². The lowest BCUT2D eigenvalue weighted by atomic mass is 10.1. The van der Waals surface area contributed by atoms with Gasteiger partial charge in [0.25, 0.3) is 0 Å². The average molecular weight is 263 g/mol. The van der Waals surface area contributed by atoms with Crippen molar-refractivity contribution in [2.45, 2.75) is 32.5 Å². The Balaban J connectivity index is 2.08. The third kappa shape index (κ3) is 3.96. The van der Waals surface area contributed by atoms with Gasteiger partial charge in [-0.1, -0.05) is 13.8 Å². The van der Waals surface area contributed by atoms with E-state index in [2.05, 4.69) is 48.0 Å². The van der Waals surface area contributed by atoms with Gasteiger partial charge in [-0.25, -0.2) is 9.97 Å². The molecule has 2 rings (SSSR count). The van der Waals surface area contributed by atoms with Crippen LogP contribution in [0, 0.1) is 0 Å². The number of piperazine rings is 1. The SMILES string of the molecule is CC(C)NCc1ccnc(C2CN(C)CCN2C)n1. The zero-order valence-electron chi connectivity index (χ0n) is 12.4. The first-order valence-corrected chi connectivity index (χ1v) is 7.00. The monoisotopic (exact) mass is 263 g/mol. The van der Waals surface area contributed by atoms with E-state index >= 15 is 0 Å².